The highest BCUT2D eigenvalue weighted by Crippen LogP contribution is 2.32. The summed E-state index contributed by atoms with van der Waals surface area (Å²) in [5.41, 5.74) is 0.647. The summed E-state index contributed by atoms with van der Waals surface area (Å²) < 4.78 is 9.76. The first kappa shape index (κ1) is 13.9. The Labute approximate surface area is 107 Å². The topological polar surface area (TPSA) is 55.8 Å². The minimum absolute atomic E-state index is 0.0500. The molecule has 0 heterocycles. The lowest BCUT2D eigenvalue weighted by atomic mass is 10.1. The fourth-order valence-electron chi connectivity index (χ4n) is 1.46. The van der Waals surface area contributed by atoms with Gasteiger partial charge in [0.2, 0.25) is 0 Å². The number of carbonyl (C=O) groups is 1. The molecule has 96 valence electrons. The van der Waals surface area contributed by atoms with Crippen LogP contribution in [0.1, 0.15) is 35.7 Å². The molecule has 0 aliphatic carbocycles. The van der Waals surface area contributed by atoms with Crippen LogP contribution in [-0.2, 0) is 4.74 Å². The molecule has 1 aromatic carbocycles. The second-order valence-corrected chi connectivity index (χ2v) is 3.58. The van der Waals surface area contributed by atoms with Crippen LogP contribution in [0.5, 0.6) is 11.5 Å². The molecule has 0 bridgehead atoms. The molecule has 0 spiro atoms. The van der Waals surface area contributed by atoms with Crippen molar-refractivity contribution in [2.45, 2.75) is 19.8 Å². The zero-order valence-electron chi connectivity index (χ0n) is 10.7. The van der Waals surface area contributed by atoms with E-state index in [1.165, 1.54) is 26.4 Å². The number of hydrogen-bond acceptors (Lipinski definition) is 4. The first-order valence-corrected chi connectivity index (χ1v) is 5.62. The zero-order valence-corrected chi connectivity index (χ0v) is 10.7. The van der Waals surface area contributed by atoms with Crippen LogP contribution in [0.4, 0.5) is 0 Å². The molecule has 0 aromatic heterocycles. The summed E-state index contributed by atoms with van der Waals surface area (Å²) in [4.78, 5) is 11.6. The largest absolute Gasteiger partial charge is 0.504 e. The summed E-state index contributed by atoms with van der Waals surface area (Å²) >= 11 is 0. The molecule has 0 unspecified atom stereocenters. The second-order valence-electron chi connectivity index (χ2n) is 3.58. The number of rotatable bonds is 3. The van der Waals surface area contributed by atoms with Gasteiger partial charge >= 0.3 is 5.97 Å². The van der Waals surface area contributed by atoms with Gasteiger partial charge in [-0.3, -0.25) is 0 Å². The van der Waals surface area contributed by atoms with Crippen LogP contribution in [0.25, 0.3) is 0 Å². The predicted molar refractivity (Wildman–Crippen MR) is 67.8 cm³/mol. The maximum atomic E-state index is 11.6. The Morgan fingerprint density at radius 2 is 2.11 bits per heavy atom. The van der Waals surface area contributed by atoms with Gasteiger partial charge < -0.3 is 14.6 Å². The summed E-state index contributed by atoms with van der Waals surface area (Å²) in [6, 6.07) is 2.86. The quantitative estimate of drug-likeness (QED) is 0.659. The minimum atomic E-state index is -0.505. The SMILES string of the molecule is CCCC#Cc1c(C(=O)OC)ccc(O)c1OC. The van der Waals surface area contributed by atoms with Crippen molar-refractivity contribution in [3.05, 3.63) is 23.3 Å². The highest BCUT2D eigenvalue weighted by molar-refractivity contribution is 5.93. The predicted octanol–water partition coefficient (Wildman–Crippen LogP) is 2.34. The van der Waals surface area contributed by atoms with Gasteiger partial charge in [0.1, 0.15) is 0 Å². The van der Waals surface area contributed by atoms with Gasteiger partial charge in [0, 0.05) is 6.42 Å². The molecule has 18 heavy (non-hydrogen) atoms. The number of phenolic OH excluding ortho intramolecular Hbond substituents is 1. The van der Waals surface area contributed by atoms with E-state index in [1.807, 2.05) is 6.92 Å². The van der Waals surface area contributed by atoms with E-state index in [9.17, 15) is 9.90 Å². The smallest absolute Gasteiger partial charge is 0.339 e. The molecule has 1 rings (SSSR count). The molecule has 4 heteroatoms. The number of phenols is 1. The van der Waals surface area contributed by atoms with Crippen LogP contribution in [0.2, 0.25) is 0 Å². The summed E-state index contributed by atoms with van der Waals surface area (Å²) in [5, 5.41) is 9.68. The van der Waals surface area contributed by atoms with Gasteiger partial charge in [0.05, 0.1) is 25.3 Å². The molecular weight excluding hydrogens is 232 g/mol. The summed E-state index contributed by atoms with van der Waals surface area (Å²) in [6.07, 6.45) is 1.63. The first-order valence-electron chi connectivity index (χ1n) is 5.62. The maximum absolute atomic E-state index is 11.6. The number of aromatic hydroxyl groups is 1. The molecular formula is C14H16O4. The van der Waals surface area contributed by atoms with E-state index in [2.05, 4.69) is 16.6 Å². The van der Waals surface area contributed by atoms with Gasteiger partial charge in [-0.25, -0.2) is 4.79 Å². The van der Waals surface area contributed by atoms with E-state index in [0.717, 1.165) is 6.42 Å². The van der Waals surface area contributed by atoms with Crippen molar-refractivity contribution in [3.63, 3.8) is 0 Å². The molecule has 0 radical (unpaired) electrons. The third-order valence-corrected chi connectivity index (χ3v) is 2.33. The Kier molecular flexibility index (Phi) is 5.06. The molecule has 0 saturated carbocycles. The summed E-state index contributed by atoms with van der Waals surface area (Å²) in [6.45, 7) is 2.01. The van der Waals surface area contributed by atoms with Crippen molar-refractivity contribution in [2.24, 2.45) is 0 Å². The van der Waals surface area contributed by atoms with Crippen LogP contribution in [0.15, 0.2) is 12.1 Å². The van der Waals surface area contributed by atoms with Crippen LogP contribution in [0.3, 0.4) is 0 Å². The highest BCUT2D eigenvalue weighted by atomic mass is 16.5. The lowest BCUT2D eigenvalue weighted by Crippen LogP contribution is -2.05. The molecule has 0 fully saturated rings. The number of esters is 1. The van der Waals surface area contributed by atoms with Gasteiger partial charge in [-0.05, 0) is 18.6 Å². The molecule has 1 N–H and O–H groups in total. The van der Waals surface area contributed by atoms with Crippen molar-refractivity contribution in [1.82, 2.24) is 0 Å². The van der Waals surface area contributed by atoms with E-state index in [-0.39, 0.29) is 17.1 Å². The van der Waals surface area contributed by atoms with Gasteiger partial charge in [0.25, 0.3) is 0 Å². The highest BCUT2D eigenvalue weighted by Gasteiger charge is 2.17. The zero-order chi connectivity index (χ0) is 13.5. The third-order valence-electron chi connectivity index (χ3n) is 2.33. The summed E-state index contributed by atoms with van der Waals surface area (Å²) in [7, 11) is 2.71. The molecule has 0 amide bonds. The van der Waals surface area contributed by atoms with E-state index >= 15 is 0 Å². The molecule has 0 aliphatic heterocycles. The van der Waals surface area contributed by atoms with Gasteiger partial charge in [-0.2, -0.15) is 0 Å². The van der Waals surface area contributed by atoms with Crippen LogP contribution < -0.4 is 4.74 Å². The van der Waals surface area contributed by atoms with E-state index in [4.69, 9.17) is 4.74 Å². The maximum Gasteiger partial charge on any atom is 0.339 e. The van der Waals surface area contributed by atoms with Crippen molar-refractivity contribution in [2.75, 3.05) is 14.2 Å². The average molecular weight is 248 g/mol. The number of unbranched alkanes of at least 4 members (excludes halogenated alkanes) is 1. The number of carbonyl (C=O) groups excluding carboxylic acids is 1. The van der Waals surface area contributed by atoms with Crippen LogP contribution in [0, 0.1) is 11.8 Å². The number of benzene rings is 1. The Bertz CT molecular complexity index is 494. The number of ether oxygens (including phenoxy) is 2. The van der Waals surface area contributed by atoms with Crippen LogP contribution in [-0.4, -0.2) is 25.3 Å². The van der Waals surface area contributed by atoms with Crippen molar-refractivity contribution < 1.29 is 19.4 Å². The van der Waals surface area contributed by atoms with E-state index in [1.54, 1.807) is 0 Å². The van der Waals surface area contributed by atoms with Crippen molar-refractivity contribution in [3.8, 4) is 23.3 Å². The molecule has 0 aliphatic rings. The Morgan fingerprint density at radius 3 is 2.67 bits per heavy atom. The fourth-order valence-corrected chi connectivity index (χ4v) is 1.46. The van der Waals surface area contributed by atoms with Gasteiger partial charge in [-0.15, -0.1) is 0 Å². The van der Waals surface area contributed by atoms with Crippen molar-refractivity contribution >= 4 is 5.97 Å². The van der Waals surface area contributed by atoms with E-state index < -0.39 is 5.97 Å². The van der Waals surface area contributed by atoms with E-state index in [0.29, 0.717) is 12.0 Å². The van der Waals surface area contributed by atoms with Gasteiger partial charge in [0.15, 0.2) is 11.5 Å². The monoisotopic (exact) mass is 248 g/mol. The Hall–Kier alpha value is -2.15. The standard InChI is InChI=1S/C14H16O4/c1-4-5-6-7-10-11(14(16)18-3)8-9-12(15)13(10)17-2/h8-9,15H,4-5H2,1-3H3. The van der Waals surface area contributed by atoms with Gasteiger partial charge in [-0.1, -0.05) is 18.8 Å². The third kappa shape index (κ3) is 2.95. The first-order chi connectivity index (χ1) is 8.65. The van der Waals surface area contributed by atoms with Crippen LogP contribution >= 0.6 is 0 Å². The normalized spacial score (nSPS) is 9.28. The second kappa shape index (κ2) is 6.55. The number of hydrogen-bond donors (Lipinski definition) is 1. The lowest BCUT2D eigenvalue weighted by Gasteiger charge is -2.09. The molecule has 0 saturated heterocycles. The Morgan fingerprint density at radius 1 is 1.39 bits per heavy atom. The molecule has 1 aromatic rings. The lowest BCUT2D eigenvalue weighted by molar-refractivity contribution is 0.0600. The summed E-state index contributed by atoms with van der Waals surface area (Å²) in [5.74, 6) is 5.42. The minimum Gasteiger partial charge on any atom is -0.504 e. The Balaban J connectivity index is 3.36. The average Bonchev–Trinajstić information content (AvgIpc) is 2.38. The molecule has 0 atom stereocenters. The molecule has 4 nitrogen and oxygen atoms in total. The number of methoxy groups -OCH3 is 2. The fraction of sp³-hybridized carbons (Fsp3) is 0.357. The van der Waals surface area contributed by atoms with Crippen molar-refractivity contribution in [1.29, 1.82) is 0 Å².